The van der Waals surface area contributed by atoms with Crippen LogP contribution >= 0.6 is 23.2 Å². The van der Waals surface area contributed by atoms with Crippen LogP contribution in [0.25, 0.3) is 0 Å². The average Bonchev–Trinajstić information content (AvgIpc) is 2.37. The minimum Gasteiger partial charge on any atom is -0.507 e. The summed E-state index contributed by atoms with van der Waals surface area (Å²) in [5.41, 5.74) is 0.161. The second-order valence-corrected chi connectivity index (χ2v) is 5.02. The van der Waals surface area contributed by atoms with Gasteiger partial charge in [-0.25, -0.2) is 4.79 Å². The van der Waals surface area contributed by atoms with Crippen LogP contribution in [0.4, 0.5) is 5.69 Å². The number of phenols is 1. The SMILES string of the molecule is O=C(O)c1cc(Cl)cc(NC(=O)c2ccc(Cl)cc2O)c1. The number of aromatic hydroxyl groups is 1. The van der Waals surface area contributed by atoms with Gasteiger partial charge in [0.2, 0.25) is 0 Å². The molecular weight excluding hydrogens is 317 g/mol. The molecule has 0 aliphatic carbocycles. The van der Waals surface area contributed by atoms with Crippen molar-refractivity contribution in [3.63, 3.8) is 0 Å². The molecule has 0 heterocycles. The summed E-state index contributed by atoms with van der Waals surface area (Å²) in [6, 6.07) is 7.97. The van der Waals surface area contributed by atoms with Crippen LogP contribution in [-0.2, 0) is 0 Å². The number of nitrogens with one attached hydrogen (secondary N) is 1. The van der Waals surface area contributed by atoms with Crippen LogP contribution in [0, 0.1) is 0 Å². The Morgan fingerprint density at radius 2 is 1.71 bits per heavy atom. The molecule has 0 unspecified atom stereocenters. The van der Waals surface area contributed by atoms with Gasteiger partial charge in [-0.15, -0.1) is 0 Å². The van der Waals surface area contributed by atoms with E-state index in [4.69, 9.17) is 28.3 Å². The highest BCUT2D eigenvalue weighted by molar-refractivity contribution is 6.31. The van der Waals surface area contributed by atoms with Crippen molar-refractivity contribution in [1.82, 2.24) is 0 Å². The molecule has 3 N–H and O–H groups in total. The highest BCUT2D eigenvalue weighted by Crippen LogP contribution is 2.24. The first kappa shape index (κ1) is 15.2. The van der Waals surface area contributed by atoms with Crippen molar-refractivity contribution in [2.75, 3.05) is 5.32 Å². The fourth-order valence-corrected chi connectivity index (χ4v) is 2.08. The number of rotatable bonds is 3. The van der Waals surface area contributed by atoms with Gasteiger partial charge in [0.15, 0.2) is 0 Å². The molecule has 1 amide bonds. The molecule has 0 aliphatic rings. The van der Waals surface area contributed by atoms with Gasteiger partial charge >= 0.3 is 5.97 Å². The summed E-state index contributed by atoms with van der Waals surface area (Å²) in [5.74, 6) is -2.05. The van der Waals surface area contributed by atoms with Crippen molar-refractivity contribution in [3.05, 3.63) is 57.6 Å². The van der Waals surface area contributed by atoms with Crippen LogP contribution in [0.1, 0.15) is 20.7 Å². The number of carbonyl (C=O) groups excluding carboxylic acids is 1. The van der Waals surface area contributed by atoms with E-state index in [1.54, 1.807) is 0 Å². The largest absolute Gasteiger partial charge is 0.507 e. The fourth-order valence-electron chi connectivity index (χ4n) is 1.68. The number of carboxylic acid groups (broad SMARTS) is 1. The van der Waals surface area contributed by atoms with Gasteiger partial charge in [0.05, 0.1) is 11.1 Å². The van der Waals surface area contributed by atoms with E-state index in [1.807, 2.05) is 0 Å². The number of anilines is 1. The van der Waals surface area contributed by atoms with E-state index in [2.05, 4.69) is 5.32 Å². The summed E-state index contributed by atoms with van der Waals surface area (Å²) in [5, 5.41) is 21.5. The van der Waals surface area contributed by atoms with E-state index in [0.29, 0.717) is 5.02 Å². The number of benzene rings is 2. The van der Waals surface area contributed by atoms with Gasteiger partial charge in [-0.3, -0.25) is 4.79 Å². The monoisotopic (exact) mass is 325 g/mol. The Morgan fingerprint density at radius 3 is 2.33 bits per heavy atom. The Balaban J connectivity index is 2.29. The van der Waals surface area contributed by atoms with Crippen molar-refractivity contribution in [2.24, 2.45) is 0 Å². The van der Waals surface area contributed by atoms with Crippen molar-refractivity contribution in [3.8, 4) is 5.75 Å². The van der Waals surface area contributed by atoms with E-state index >= 15 is 0 Å². The number of carbonyl (C=O) groups is 2. The Kier molecular flexibility index (Phi) is 4.35. The lowest BCUT2D eigenvalue weighted by atomic mass is 10.1. The molecule has 0 radical (unpaired) electrons. The summed E-state index contributed by atoms with van der Waals surface area (Å²) in [6.07, 6.45) is 0. The maximum absolute atomic E-state index is 12.0. The summed E-state index contributed by atoms with van der Waals surface area (Å²) in [7, 11) is 0. The van der Waals surface area contributed by atoms with E-state index in [0.717, 1.165) is 0 Å². The minimum absolute atomic E-state index is 0.0104. The van der Waals surface area contributed by atoms with Crippen molar-refractivity contribution >= 4 is 40.8 Å². The average molecular weight is 326 g/mol. The summed E-state index contributed by atoms with van der Waals surface area (Å²) < 4.78 is 0. The molecule has 2 aromatic carbocycles. The van der Waals surface area contributed by atoms with Gasteiger partial charge in [-0.1, -0.05) is 23.2 Å². The third kappa shape index (κ3) is 3.65. The highest BCUT2D eigenvalue weighted by atomic mass is 35.5. The molecule has 7 heteroatoms. The second kappa shape index (κ2) is 6.03. The van der Waals surface area contributed by atoms with Crippen LogP contribution in [0.5, 0.6) is 5.75 Å². The Morgan fingerprint density at radius 1 is 1.00 bits per heavy atom. The standard InChI is InChI=1S/C14H9Cl2NO4/c15-8-1-2-11(12(18)6-8)13(19)17-10-4-7(14(20)21)3-9(16)5-10/h1-6,18H,(H,17,19)(H,20,21). The number of amides is 1. The van der Waals surface area contributed by atoms with Crippen LogP contribution in [0.2, 0.25) is 10.0 Å². The molecule has 2 aromatic rings. The molecule has 5 nitrogen and oxygen atoms in total. The molecule has 0 aliphatic heterocycles. The van der Waals surface area contributed by atoms with Gasteiger partial charge in [0.25, 0.3) is 5.91 Å². The van der Waals surface area contributed by atoms with Gasteiger partial charge in [-0.05, 0) is 36.4 Å². The van der Waals surface area contributed by atoms with Crippen molar-refractivity contribution in [2.45, 2.75) is 0 Å². The Labute approximate surface area is 129 Å². The predicted molar refractivity (Wildman–Crippen MR) is 79.5 cm³/mol. The van der Waals surface area contributed by atoms with Gasteiger partial charge in [-0.2, -0.15) is 0 Å². The minimum atomic E-state index is -1.16. The fraction of sp³-hybridized carbons (Fsp3) is 0. The lowest BCUT2D eigenvalue weighted by molar-refractivity contribution is 0.0696. The number of halogens is 2. The molecule has 0 spiro atoms. The van der Waals surface area contributed by atoms with Crippen LogP contribution in [0.3, 0.4) is 0 Å². The highest BCUT2D eigenvalue weighted by Gasteiger charge is 2.13. The van der Waals surface area contributed by atoms with Crippen LogP contribution in [-0.4, -0.2) is 22.1 Å². The quantitative estimate of drug-likeness (QED) is 0.803. The van der Waals surface area contributed by atoms with E-state index in [-0.39, 0.29) is 27.6 Å². The van der Waals surface area contributed by atoms with Gasteiger partial charge in [0, 0.05) is 15.7 Å². The lowest BCUT2D eigenvalue weighted by Gasteiger charge is -2.08. The van der Waals surface area contributed by atoms with E-state index < -0.39 is 11.9 Å². The van der Waals surface area contributed by atoms with Crippen LogP contribution in [0.15, 0.2) is 36.4 Å². The first-order valence-corrected chi connectivity index (χ1v) is 6.46. The lowest BCUT2D eigenvalue weighted by Crippen LogP contribution is -2.12. The van der Waals surface area contributed by atoms with Crippen molar-refractivity contribution < 1.29 is 19.8 Å². The Hall–Kier alpha value is -2.24. The number of hydrogen-bond donors (Lipinski definition) is 3. The molecule has 2 rings (SSSR count). The molecular formula is C14H9Cl2NO4. The zero-order valence-corrected chi connectivity index (χ0v) is 11.9. The van der Waals surface area contributed by atoms with E-state index in [9.17, 15) is 14.7 Å². The van der Waals surface area contributed by atoms with E-state index in [1.165, 1.54) is 36.4 Å². The van der Waals surface area contributed by atoms with Crippen LogP contribution < -0.4 is 5.32 Å². The maximum Gasteiger partial charge on any atom is 0.335 e. The zero-order chi connectivity index (χ0) is 15.6. The molecule has 0 fully saturated rings. The molecule has 0 saturated heterocycles. The molecule has 0 atom stereocenters. The molecule has 0 bridgehead atoms. The Bertz CT molecular complexity index is 731. The van der Waals surface area contributed by atoms with Crippen molar-refractivity contribution in [1.29, 1.82) is 0 Å². The number of phenolic OH excluding ortho intramolecular Hbond substituents is 1. The molecule has 0 saturated carbocycles. The van der Waals surface area contributed by atoms with Gasteiger partial charge in [0.1, 0.15) is 5.75 Å². The second-order valence-electron chi connectivity index (χ2n) is 4.15. The number of carboxylic acids is 1. The zero-order valence-electron chi connectivity index (χ0n) is 10.4. The summed E-state index contributed by atoms with van der Waals surface area (Å²) >= 11 is 11.5. The summed E-state index contributed by atoms with van der Waals surface area (Å²) in [6.45, 7) is 0. The predicted octanol–water partition coefficient (Wildman–Crippen LogP) is 3.65. The first-order valence-electron chi connectivity index (χ1n) is 5.70. The molecule has 0 aromatic heterocycles. The smallest absolute Gasteiger partial charge is 0.335 e. The van der Waals surface area contributed by atoms with Gasteiger partial charge < -0.3 is 15.5 Å². The molecule has 108 valence electrons. The topological polar surface area (TPSA) is 86.6 Å². The molecule has 21 heavy (non-hydrogen) atoms. The summed E-state index contributed by atoms with van der Waals surface area (Å²) in [4.78, 5) is 23.0. The third-order valence-corrected chi connectivity index (χ3v) is 3.06. The maximum atomic E-state index is 12.0. The number of aromatic carboxylic acids is 1. The first-order chi connectivity index (χ1) is 9.86. The normalized spacial score (nSPS) is 10.2. The third-order valence-electron chi connectivity index (χ3n) is 2.61. The number of hydrogen-bond acceptors (Lipinski definition) is 3.